The fourth-order valence-electron chi connectivity index (χ4n) is 2.70. The molecule has 1 unspecified atom stereocenters. The van der Waals surface area contributed by atoms with Gasteiger partial charge in [-0.25, -0.2) is 4.39 Å². The number of nitrogens with one attached hydrogen (secondary N) is 1. The molecular weight excluding hydrogens is 241 g/mol. The fourth-order valence-corrected chi connectivity index (χ4v) is 2.70. The van der Waals surface area contributed by atoms with Crippen LogP contribution in [0.1, 0.15) is 13.8 Å². The Morgan fingerprint density at radius 1 is 1.37 bits per heavy atom. The van der Waals surface area contributed by atoms with E-state index in [0.717, 1.165) is 45.0 Å². The average molecular weight is 265 g/mol. The smallest absolute Gasteiger partial charge is 0.125 e. The molecule has 3 nitrogen and oxygen atoms in total. The normalized spacial score (nSPS) is 21.5. The molecule has 0 radical (unpaired) electrons. The van der Waals surface area contributed by atoms with Crippen LogP contribution in [0.15, 0.2) is 24.3 Å². The summed E-state index contributed by atoms with van der Waals surface area (Å²) in [7, 11) is 0. The first-order valence-electron chi connectivity index (χ1n) is 7.15. The van der Waals surface area contributed by atoms with Gasteiger partial charge in [-0.05, 0) is 31.7 Å². The van der Waals surface area contributed by atoms with Gasteiger partial charge in [-0.2, -0.15) is 0 Å². The average Bonchev–Trinajstić information content (AvgIpc) is 2.39. The lowest BCUT2D eigenvalue weighted by molar-refractivity contribution is 0.0910. The van der Waals surface area contributed by atoms with Gasteiger partial charge in [-0.15, -0.1) is 0 Å². The molecule has 4 heteroatoms. The van der Waals surface area contributed by atoms with Crippen molar-refractivity contribution in [2.75, 3.05) is 44.6 Å². The van der Waals surface area contributed by atoms with Crippen LogP contribution in [-0.2, 0) is 0 Å². The highest BCUT2D eigenvalue weighted by molar-refractivity contribution is 5.42. The fraction of sp³-hybridized carbons (Fsp3) is 0.600. The van der Waals surface area contributed by atoms with Gasteiger partial charge in [0.05, 0.1) is 0 Å². The summed E-state index contributed by atoms with van der Waals surface area (Å²) in [6.45, 7) is 10.9. The number of anilines is 1. The zero-order chi connectivity index (χ0) is 13.7. The van der Waals surface area contributed by atoms with Crippen molar-refractivity contribution in [3.05, 3.63) is 30.1 Å². The summed E-state index contributed by atoms with van der Waals surface area (Å²) in [4.78, 5) is 4.99. The van der Waals surface area contributed by atoms with Crippen molar-refractivity contribution in [1.29, 1.82) is 0 Å². The standard InChI is InChI=1S/C15H24FN3/c1-3-19-10-9-18(12-13(19)2)8-7-17-15-6-4-5-14(16)11-15/h4-6,11,13,17H,3,7-10,12H2,1-2H3. The molecule has 0 saturated carbocycles. The molecule has 1 heterocycles. The van der Waals surface area contributed by atoms with Crippen molar-refractivity contribution in [3.8, 4) is 0 Å². The summed E-state index contributed by atoms with van der Waals surface area (Å²) in [5.41, 5.74) is 0.861. The second-order valence-electron chi connectivity index (χ2n) is 5.22. The van der Waals surface area contributed by atoms with Crippen molar-refractivity contribution in [2.24, 2.45) is 0 Å². The molecule has 1 aliphatic heterocycles. The van der Waals surface area contributed by atoms with Crippen LogP contribution >= 0.6 is 0 Å². The molecule has 1 aromatic rings. The number of nitrogens with zero attached hydrogens (tertiary/aromatic N) is 2. The van der Waals surface area contributed by atoms with E-state index in [4.69, 9.17) is 0 Å². The second kappa shape index (κ2) is 6.87. The lowest BCUT2D eigenvalue weighted by Crippen LogP contribution is -2.52. The third-order valence-corrected chi connectivity index (χ3v) is 3.84. The lowest BCUT2D eigenvalue weighted by Gasteiger charge is -2.39. The minimum absolute atomic E-state index is 0.185. The molecule has 0 aromatic heterocycles. The maximum absolute atomic E-state index is 13.0. The van der Waals surface area contributed by atoms with Gasteiger partial charge >= 0.3 is 0 Å². The van der Waals surface area contributed by atoms with Gasteiger partial charge in [0.1, 0.15) is 5.82 Å². The topological polar surface area (TPSA) is 18.5 Å². The molecule has 0 amide bonds. The summed E-state index contributed by atoms with van der Waals surface area (Å²) in [5.74, 6) is -0.185. The molecule has 1 aromatic carbocycles. The Bertz CT molecular complexity index is 397. The number of halogens is 1. The van der Waals surface area contributed by atoms with Gasteiger partial charge in [-0.1, -0.05) is 13.0 Å². The van der Waals surface area contributed by atoms with Crippen molar-refractivity contribution < 1.29 is 4.39 Å². The third-order valence-electron chi connectivity index (χ3n) is 3.84. The summed E-state index contributed by atoms with van der Waals surface area (Å²) in [6.07, 6.45) is 0. The molecule has 2 rings (SSSR count). The summed E-state index contributed by atoms with van der Waals surface area (Å²) >= 11 is 0. The number of hydrogen-bond acceptors (Lipinski definition) is 3. The van der Waals surface area contributed by atoms with Gasteiger partial charge in [-0.3, -0.25) is 9.80 Å². The number of likely N-dealkylation sites (N-methyl/N-ethyl adjacent to an activating group) is 1. The van der Waals surface area contributed by atoms with Crippen LogP contribution in [0.3, 0.4) is 0 Å². The highest BCUT2D eigenvalue weighted by Gasteiger charge is 2.21. The van der Waals surface area contributed by atoms with Crippen LogP contribution in [0.2, 0.25) is 0 Å². The Labute approximate surface area is 115 Å². The van der Waals surface area contributed by atoms with Crippen molar-refractivity contribution in [2.45, 2.75) is 19.9 Å². The van der Waals surface area contributed by atoms with E-state index in [1.165, 1.54) is 12.1 Å². The molecule has 1 saturated heterocycles. The van der Waals surface area contributed by atoms with E-state index in [1.54, 1.807) is 6.07 Å². The van der Waals surface area contributed by atoms with Gasteiger partial charge in [0.2, 0.25) is 0 Å². The van der Waals surface area contributed by atoms with Crippen LogP contribution in [0.5, 0.6) is 0 Å². The Morgan fingerprint density at radius 3 is 2.89 bits per heavy atom. The SMILES string of the molecule is CCN1CCN(CCNc2cccc(F)c2)CC1C. The number of hydrogen-bond donors (Lipinski definition) is 1. The largest absolute Gasteiger partial charge is 0.384 e. The monoisotopic (exact) mass is 265 g/mol. The van der Waals surface area contributed by atoms with Crippen LogP contribution < -0.4 is 5.32 Å². The van der Waals surface area contributed by atoms with Crippen LogP contribution in [0.25, 0.3) is 0 Å². The predicted octanol–water partition coefficient (Wildman–Crippen LogP) is 2.26. The minimum Gasteiger partial charge on any atom is -0.384 e. The number of rotatable bonds is 5. The van der Waals surface area contributed by atoms with E-state index in [0.29, 0.717) is 6.04 Å². The molecule has 106 valence electrons. The van der Waals surface area contributed by atoms with E-state index >= 15 is 0 Å². The minimum atomic E-state index is -0.185. The van der Waals surface area contributed by atoms with Crippen LogP contribution in [0.4, 0.5) is 10.1 Å². The molecule has 1 aliphatic rings. The van der Waals surface area contributed by atoms with Crippen molar-refractivity contribution in [3.63, 3.8) is 0 Å². The van der Waals surface area contributed by atoms with Gasteiger partial charge in [0.15, 0.2) is 0 Å². The van der Waals surface area contributed by atoms with E-state index in [1.807, 2.05) is 6.07 Å². The van der Waals surface area contributed by atoms with Gasteiger partial charge in [0.25, 0.3) is 0 Å². The maximum Gasteiger partial charge on any atom is 0.125 e. The van der Waals surface area contributed by atoms with E-state index < -0.39 is 0 Å². The quantitative estimate of drug-likeness (QED) is 0.881. The van der Waals surface area contributed by atoms with Gasteiger partial charge < -0.3 is 5.32 Å². The van der Waals surface area contributed by atoms with Crippen molar-refractivity contribution in [1.82, 2.24) is 9.80 Å². The first kappa shape index (κ1) is 14.3. The summed E-state index contributed by atoms with van der Waals surface area (Å²) in [5, 5.41) is 3.28. The van der Waals surface area contributed by atoms with E-state index in [2.05, 4.69) is 29.0 Å². The third kappa shape index (κ3) is 4.18. The summed E-state index contributed by atoms with van der Waals surface area (Å²) in [6, 6.07) is 7.28. The van der Waals surface area contributed by atoms with Crippen LogP contribution in [0, 0.1) is 5.82 Å². The lowest BCUT2D eigenvalue weighted by atomic mass is 10.2. The van der Waals surface area contributed by atoms with E-state index in [-0.39, 0.29) is 5.82 Å². The Morgan fingerprint density at radius 2 is 2.21 bits per heavy atom. The molecule has 1 atom stereocenters. The Kier molecular flexibility index (Phi) is 5.16. The Balaban J connectivity index is 1.72. The molecular formula is C15H24FN3. The molecule has 1 N–H and O–H groups in total. The maximum atomic E-state index is 13.0. The molecule has 19 heavy (non-hydrogen) atoms. The zero-order valence-corrected chi connectivity index (χ0v) is 11.9. The molecule has 1 fully saturated rings. The first-order valence-corrected chi connectivity index (χ1v) is 7.15. The number of piperazine rings is 1. The first-order chi connectivity index (χ1) is 9.19. The zero-order valence-electron chi connectivity index (χ0n) is 11.9. The van der Waals surface area contributed by atoms with E-state index in [9.17, 15) is 4.39 Å². The van der Waals surface area contributed by atoms with Gasteiger partial charge in [0, 0.05) is 44.5 Å². The molecule has 0 aliphatic carbocycles. The highest BCUT2D eigenvalue weighted by Crippen LogP contribution is 2.10. The summed E-state index contributed by atoms with van der Waals surface area (Å²) < 4.78 is 13.0. The second-order valence-corrected chi connectivity index (χ2v) is 5.22. The Hall–Kier alpha value is -1.13. The number of benzene rings is 1. The van der Waals surface area contributed by atoms with Crippen LogP contribution in [-0.4, -0.2) is 55.1 Å². The molecule has 0 bridgehead atoms. The predicted molar refractivity (Wildman–Crippen MR) is 78.0 cm³/mol. The van der Waals surface area contributed by atoms with Crippen molar-refractivity contribution >= 4 is 5.69 Å². The molecule has 0 spiro atoms. The highest BCUT2D eigenvalue weighted by atomic mass is 19.1.